The lowest BCUT2D eigenvalue weighted by Crippen LogP contribution is -2.41. The van der Waals surface area contributed by atoms with Crippen molar-refractivity contribution in [3.8, 4) is 0 Å². The molecule has 1 aromatic carbocycles. The minimum absolute atomic E-state index is 0.132. The van der Waals surface area contributed by atoms with Crippen molar-refractivity contribution in [3.63, 3.8) is 0 Å². The maximum atomic E-state index is 13.8. The topological polar surface area (TPSA) is 77.5 Å². The Hall–Kier alpha value is -2.67. The number of hydrogen-bond donors (Lipinski definition) is 3. The van der Waals surface area contributed by atoms with Gasteiger partial charge in [0, 0.05) is 18.3 Å². The Labute approximate surface area is 144 Å². The van der Waals surface area contributed by atoms with Crippen LogP contribution in [0.15, 0.2) is 36.7 Å². The first-order valence-electron chi connectivity index (χ1n) is 8.39. The second kappa shape index (κ2) is 6.33. The van der Waals surface area contributed by atoms with Gasteiger partial charge in [-0.3, -0.25) is 4.98 Å². The molecule has 0 spiro atoms. The third kappa shape index (κ3) is 3.02. The summed E-state index contributed by atoms with van der Waals surface area (Å²) in [5.74, 6) is -0.715. The van der Waals surface area contributed by atoms with Crippen molar-refractivity contribution in [2.75, 3.05) is 16.9 Å². The van der Waals surface area contributed by atoms with Crippen molar-refractivity contribution < 1.29 is 14.3 Å². The van der Waals surface area contributed by atoms with Crippen molar-refractivity contribution in [1.82, 2.24) is 10.4 Å². The Morgan fingerprint density at radius 1 is 1.40 bits per heavy atom. The van der Waals surface area contributed by atoms with Gasteiger partial charge in [-0.25, -0.2) is 14.6 Å². The van der Waals surface area contributed by atoms with Crippen molar-refractivity contribution in [3.05, 3.63) is 53.6 Å². The van der Waals surface area contributed by atoms with Gasteiger partial charge in [0.2, 0.25) is 0 Å². The van der Waals surface area contributed by atoms with E-state index in [1.165, 1.54) is 49.9 Å². The Balaban J connectivity index is 1.62. The lowest BCUT2D eigenvalue weighted by Gasteiger charge is -2.31. The van der Waals surface area contributed by atoms with E-state index in [1.54, 1.807) is 6.07 Å². The van der Waals surface area contributed by atoms with Crippen LogP contribution in [-0.2, 0) is 0 Å². The number of halogens is 1. The minimum atomic E-state index is -1.03. The van der Waals surface area contributed by atoms with E-state index in [-0.39, 0.29) is 11.4 Å². The Morgan fingerprint density at radius 3 is 2.96 bits per heavy atom. The number of pyridine rings is 1. The number of carboxylic acids is 1. The highest BCUT2D eigenvalue weighted by Gasteiger charge is 2.32. The molecular formula is C18H19FN4O2. The molecule has 6 nitrogen and oxygen atoms in total. The summed E-state index contributed by atoms with van der Waals surface area (Å²) >= 11 is 0. The highest BCUT2D eigenvalue weighted by atomic mass is 19.1. The van der Waals surface area contributed by atoms with Gasteiger partial charge in [-0.05, 0) is 43.0 Å². The number of nitrogens with zero attached hydrogens (tertiary/aromatic N) is 2. The summed E-state index contributed by atoms with van der Waals surface area (Å²) in [5.41, 5.74) is 5.55. The third-order valence-electron chi connectivity index (χ3n) is 4.89. The van der Waals surface area contributed by atoms with E-state index < -0.39 is 12.1 Å². The maximum Gasteiger partial charge on any atom is 0.337 e. The van der Waals surface area contributed by atoms with E-state index in [2.05, 4.69) is 15.7 Å². The zero-order valence-corrected chi connectivity index (χ0v) is 13.6. The molecule has 0 saturated heterocycles. The Kier molecular flexibility index (Phi) is 4.01. The smallest absolute Gasteiger partial charge is 0.337 e. The minimum Gasteiger partial charge on any atom is -0.478 e. The molecule has 2 aromatic rings. The molecule has 3 N–H and O–H groups in total. The average molecular weight is 342 g/mol. The molecule has 1 aromatic heterocycles. The highest BCUT2D eigenvalue weighted by Crippen LogP contribution is 2.37. The van der Waals surface area contributed by atoms with E-state index in [4.69, 9.17) is 0 Å². The number of carboxylic acid groups (broad SMARTS) is 1. The standard InChI is InChI=1S/C18H19FN4O2/c19-12-4-5-16-14(8-12)17(22-23(16)10-11-2-1-3-11)21-15-9-20-7-6-13(15)18(24)25/h4-9,11,17,21-22H,1-3,10H2,(H,24,25). The van der Waals surface area contributed by atoms with Crippen LogP contribution < -0.4 is 15.8 Å². The van der Waals surface area contributed by atoms with E-state index in [1.807, 2.05) is 5.01 Å². The van der Waals surface area contributed by atoms with Crippen molar-refractivity contribution >= 4 is 17.3 Å². The summed E-state index contributed by atoms with van der Waals surface area (Å²) in [5, 5.41) is 14.5. The molecule has 1 unspecified atom stereocenters. The fraction of sp³-hybridized carbons (Fsp3) is 0.333. The SMILES string of the molecule is O=C(O)c1ccncc1NC1NN(CC2CCC2)c2ccc(F)cc21. The molecule has 1 aliphatic heterocycles. The van der Waals surface area contributed by atoms with Gasteiger partial charge in [0.15, 0.2) is 0 Å². The van der Waals surface area contributed by atoms with Crippen molar-refractivity contribution in [2.45, 2.75) is 25.4 Å². The first kappa shape index (κ1) is 15.8. The number of aromatic nitrogens is 1. The summed E-state index contributed by atoms with van der Waals surface area (Å²) in [7, 11) is 0. The van der Waals surface area contributed by atoms with Crippen LogP contribution in [-0.4, -0.2) is 22.6 Å². The van der Waals surface area contributed by atoms with Gasteiger partial charge in [0.1, 0.15) is 12.0 Å². The molecule has 1 aliphatic carbocycles. The number of carbonyl (C=O) groups is 1. The van der Waals surface area contributed by atoms with Gasteiger partial charge < -0.3 is 15.4 Å². The monoisotopic (exact) mass is 342 g/mol. The number of hydrogen-bond acceptors (Lipinski definition) is 5. The van der Waals surface area contributed by atoms with E-state index >= 15 is 0 Å². The third-order valence-corrected chi connectivity index (χ3v) is 4.89. The molecule has 2 aliphatic rings. The number of fused-ring (bicyclic) bond motifs is 1. The highest BCUT2D eigenvalue weighted by molar-refractivity contribution is 5.94. The predicted octanol–water partition coefficient (Wildman–Crippen LogP) is 3.15. The molecular weight excluding hydrogens is 323 g/mol. The molecule has 4 rings (SSSR count). The summed E-state index contributed by atoms with van der Waals surface area (Å²) < 4.78 is 13.8. The number of nitrogens with one attached hydrogen (secondary N) is 2. The molecule has 1 saturated carbocycles. The molecule has 2 heterocycles. The van der Waals surface area contributed by atoms with Gasteiger partial charge in [-0.15, -0.1) is 0 Å². The van der Waals surface area contributed by atoms with E-state index in [0.29, 0.717) is 11.6 Å². The molecule has 0 amide bonds. The molecule has 7 heteroatoms. The quantitative estimate of drug-likeness (QED) is 0.775. The summed E-state index contributed by atoms with van der Waals surface area (Å²) in [4.78, 5) is 15.4. The summed E-state index contributed by atoms with van der Waals surface area (Å²) in [6, 6.07) is 6.14. The number of hydrazine groups is 1. The van der Waals surface area contributed by atoms with Gasteiger partial charge in [0.05, 0.1) is 23.1 Å². The van der Waals surface area contributed by atoms with Crippen LogP contribution >= 0.6 is 0 Å². The first-order valence-corrected chi connectivity index (χ1v) is 8.39. The van der Waals surface area contributed by atoms with Crippen molar-refractivity contribution in [2.24, 2.45) is 5.92 Å². The first-order chi connectivity index (χ1) is 12.1. The number of aromatic carboxylic acids is 1. The predicted molar refractivity (Wildman–Crippen MR) is 91.8 cm³/mol. The molecule has 0 radical (unpaired) electrons. The normalized spacial score (nSPS) is 19.4. The molecule has 130 valence electrons. The van der Waals surface area contributed by atoms with Crippen LogP contribution in [0.5, 0.6) is 0 Å². The number of anilines is 2. The van der Waals surface area contributed by atoms with Gasteiger partial charge >= 0.3 is 5.97 Å². The Bertz CT molecular complexity index is 809. The van der Waals surface area contributed by atoms with Crippen LogP contribution in [0.3, 0.4) is 0 Å². The average Bonchev–Trinajstić information content (AvgIpc) is 2.88. The second-order valence-corrected chi connectivity index (χ2v) is 6.54. The Morgan fingerprint density at radius 2 is 2.24 bits per heavy atom. The lowest BCUT2D eigenvalue weighted by molar-refractivity contribution is 0.0697. The second-order valence-electron chi connectivity index (χ2n) is 6.54. The van der Waals surface area contributed by atoms with Crippen molar-refractivity contribution in [1.29, 1.82) is 0 Å². The largest absolute Gasteiger partial charge is 0.478 e. The maximum absolute atomic E-state index is 13.8. The van der Waals surface area contributed by atoms with Crippen LogP contribution in [0.1, 0.15) is 41.3 Å². The van der Waals surface area contributed by atoms with E-state index in [9.17, 15) is 14.3 Å². The van der Waals surface area contributed by atoms with E-state index in [0.717, 1.165) is 17.8 Å². The lowest BCUT2D eigenvalue weighted by atomic mass is 9.85. The van der Waals surface area contributed by atoms with Crippen LogP contribution in [0.2, 0.25) is 0 Å². The molecule has 0 bridgehead atoms. The fourth-order valence-corrected chi connectivity index (χ4v) is 3.34. The molecule has 1 fully saturated rings. The number of benzene rings is 1. The van der Waals surface area contributed by atoms with Crippen LogP contribution in [0, 0.1) is 11.7 Å². The van der Waals surface area contributed by atoms with Gasteiger partial charge in [0.25, 0.3) is 0 Å². The van der Waals surface area contributed by atoms with Crippen LogP contribution in [0.25, 0.3) is 0 Å². The number of rotatable bonds is 5. The summed E-state index contributed by atoms with van der Waals surface area (Å²) in [6.45, 7) is 0.857. The zero-order chi connectivity index (χ0) is 17.4. The fourth-order valence-electron chi connectivity index (χ4n) is 3.34. The van der Waals surface area contributed by atoms with Crippen LogP contribution in [0.4, 0.5) is 15.8 Å². The van der Waals surface area contributed by atoms with Gasteiger partial charge in [-0.1, -0.05) is 6.42 Å². The molecule has 25 heavy (non-hydrogen) atoms. The zero-order valence-electron chi connectivity index (χ0n) is 13.6. The molecule has 1 atom stereocenters. The summed E-state index contributed by atoms with van der Waals surface area (Å²) in [6.07, 6.45) is 6.17. The van der Waals surface area contributed by atoms with Gasteiger partial charge in [-0.2, -0.15) is 0 Å².